The van der Waals surface area contributed by atoms with Crippen molar-refractivity contribution in [3.63, 3.8) is 0 Å². The van der Waals surface area contributed by atoms with Crippen LogP contribution in [-0.2, 0) is 0 Å². The van der Waals surface area contributed by atoms with Crippen molar-refractivity contribution in [2.24, 2.45) is 0 Å². The molecule has 0 aliphatic heterocycles. The van der Waals surface area contributed by atoms with Crippen molar-refractivity contribution in [1.82, 2.24) is 4.98 Å². The number of hydrogen-bond donors (Lipinski definition) is 1. The molecule has 6 nitrogen and oxygen atoms in total. The van der Waals surface area contributed by atoms with Gasteiger partial charge in [-0.05, 0) is 13.0 Å². The summed E-state index contributed by atoms with van der Waals surface area (Å²) in [6.45, 7) is 1.57. The van der Waals surface area contributed by atoms with Crippen LogP contribution in [0.3, 0.4) is 0 Å². The highest BCUT2D eigenvalue weighted by Crippen LogP contribution is 2.17. The molecule has 1 heterocycles. The van der Waals surface area contributed by atoms with Crippen LogP contribution in [0.2, 0.25) is 0 Å². The number of carboxylic acids is 1. The van der Waals surface area contributed by atoms with Gasteiger partial charge in [-0.1, -0.05) is 0 Å². The highest BCUT2D eigenvalue weighted by molar-refractivity contribution is 5.92. The third-order valence-corrected chi connectivity index (χ3v) is 1.45. The molecule has 0 atom stereocenters. The topological polar surface area (TPSA) is 93.3 Å². The molecule has 1 aromatic rings. The van der Waals surface area contributed by atoms with E-state index in [2.05, 4.69) is 4.98 Å². The summed E-state index contributed by atoms with van der Waals surface area (Å²) in [6, 6.07) is 1.17. The zero-order valence-electron chi connectivity index (χ0n) is 6.72. The van der Waals surface area contributed by atoms with Crippen LogP contribution in [0.4, 0.5) is 5.69 Å². The molecule has 0 spiro atoms. The normalized spacial score (nSPS) is 9.62. The summed E-state index contributed by atoms with van der Waals surface area (Å²) >= 11 is 0. The van der Waals surface area contributed by atoms with Crippen LogP contribution in [0, 0.1) is 17.0 Å². The summed E-state index contributed by atoms with van der Waals surface area (Å²) in [5, 5.41) is 18.9. The molecule has 0 saturated carbocycles. The maximum absolute atomic E-state index is 10.5. The Morgan fingerprint density at radius 3 is 2.77 bits per heavy atom. The van der Waals surface area contributed by atoms with Crippen molar-refractivity contribution >= 4 is 11.7 Å². The van der Waals surface area contributed by atoms with Gasteiger partial charge < -0.3 is 5.11 Å². The molecule has 6 heteroatoms. The number of carbonyl (C=O) groups is 1. The summed E-state index contributed by atoms with van der Waals surface area (Å²) in [6.07, 6.45) is 0.943. The Hall–Kier alpha value is -1.98. The molecule has 1 N–H and O–H groups in total. The van der Waals surface area contributed by atoms with Crippen molar-refractivity contribution in [3.8, 4) is 0 Å². The van der Waals surface area contributed by atoms with Crippen molar-refractivity contribution in [1.29, 1.82) is 0 Å². The largest absolute Gasteiger partial charge is 0.477 e. The van der Waals surface area contributed by atoms with E-state index in [-0.39, 0.29) is 5.56 Å². The van der Waals surface area contributed by atoms with Gasteiger partial charge in [0.1, 0.15) is 11.8 Å². The number of aromatic carboxylic acids is 1. The molecule has 0 fully saturated rings. The van der Waals surface area contributed by atoms with Crippen LogP contribution in [0.5, 0.6) is 0 Å². The Balaban J connectivity index is 3.35. The van der Waals surface area contributed by atoms with Gasteiger partial charge in [-0.3, -0.25) is 15.1 Å². The van der Waals surface area contributed by atoms with Gasteiger partial charge in [-0.25, -0.2) is 4.79 Å². The van der Waals surface area contributed by atoms with E-state index in [1.165, 1.54) is 6.07 Å². The molecule has 0 aromatic carbocycles. The lowest BCUT2D eigenvalue weighted by Gasteiger charge is -1.97. The zero-order chi connectivity index (χ0) is 10.0. The number of carboxylic acid groups (broad SMARTS) is 1. The fourth-order valence-corrected chi connectivity index (χ4v) is 0.869. The average Bonchev–Trinajstić information content (AvgIpc) is 2.03. The summed E-state index contributed by atoms with van der Waals surface area (Å²) in [7, 11) is 0. The Morgan fingerprint density at radius 2 is 2.31 bits per heavy atom. The second-order valence-corrected chi connectivity index (χ2v) is 2.41. The van der Waals surface area contributed by atoms with Crippen LogP contribution in [-0.4, -0.2) is 21.0 Å². The van der Waals surface area contributed by atoms with E-state index in [0.29, 0.717) is 5.69 Å². The molecule has 13 heavy (non-hydrogen) atoms. The van der Waals surface area contributed by atoms with Crippen LogP contribution < -0.4 is 0 Å². The van der Waals surface area contributed by atoms with Crippen LogP contribution in [0.1, 0.15) is 16.1 Å². The van der Waals surface area contributed by atoms with E-state index in [1.807, 2.05) is 0 Å². The summed E-state index contributed by atoms with van der Waals surface area (Å²) in [5.74, 6) is -1.32. The van der Waals surface area contributed by atoms with Crippen LogP contribution in [0.25, 0.3) is 0 Å². The van der Waals surface area contributed by atoms with E-state index in [9.17, 15) is 14.9 Å². The SMILES string of the molecule is Cc1cc(C(=O)O)c([N+](=O)[O-])cn1. The number of rotatable bonds is 2. The molecular weight excluding hydrogens is 176 g/mol. The molecule has 0 unspecified atom stereocenters. The smallest absolute Gasteiger partial charge is 0.342 e. The number of nitrogens with zero attached hydrogens (tertiary/aromatic N) is 2. The zero-order valence-corrected chi connectivity index (χ0v) is 6.72. The molecule has 0 saturated heterocycles. The van der Waals surface area contributed by atoms with Gasteiger partial charge in [0.2, 0.25) is 0 Å². The molecular formula is C7H6N2O4. The van der Waals surface area contributed by atoms with Crippen molar-refractivity contribution in [2.75, 3.05) is 0 Å². The lowest BCUT2D eigenvalue weighted by molar-refractivity contribution is -0.385. The van der Waals surface area contributed by atoms with Gasteiger partial charge in [-0.2, -0.15) is 0 Å². The molecule has 0 amide bonds. The molecule has 0 aliphatic rings. The van der Waals surface area contributed by atoms with Gasteiger partial charge in [-0.15, -0.1) is 0 Å². The van der Waals surface area contributed by atoms with E-state index < -0.39 is 16.6 Å². The molecule has 1 rings (SSSR count). The van der Waals surface area contributed by atoms with Crippen molar-refractivity contribution in [2.45, 2.75) is 6.92 Å². The standard InChI is InChI=1S/C7H6N2O4/c1-4-2-5(7(10)11)6(3-8-4)9(12)13/h2-3H,1H3,(H,10,11). The van der Waals surface area contributed by atoms with Gasteiger partial charge in [0.15, 0.2) is 0 Å². The maximum Gasteiger partial charge on any atom is 0.342 e. The third kappa shape index (κ3) is 1.78. The minimum Gasteiger partial charge on any atom is -0.477 e. The van der Waals surface area contributed by atoms with Crippen molar-refractivity contribution < 1.29 is 14.8 Å². The molecule has 0 bridgehead atoms. The number of nitro groups is 1. The first-order valence-corrected chi connectivity index (χ1v) is 3.36. The fourth-order valence-electron chi connectivity index (χ4n) is 0.869. The highest BCUT2D eigenvalue weighted by atomic mass is 16.6. The monoisotopic (exact) mass is 182 g/mol. The molecule has 68 valence electrons. The Labute approximate surface area is 73.0 Å². The Kier molecular flexibility index (Phi) is 2.23. The predicted octanol–water partition coefficient (Wildman–Crippen LogP) is 0.996. The molecule has 0 aliphatic carbocycles. The van der Waals surface area contributed by atoms with Crippen LogP contribution >= 0.6 is 0 Å². The summed E-state index contributed by atoms with van der Waals surface area (Å²) in [5.41, 5.74) is -0.390. The number of aryl methyl sites for hydroxylation is 1. The average molecular weight is 182 g/mol. The number of hydrogen-bond acceptors (Lipinski definition) is 4. The van der Waals surface area contributed by atoms with Gasteiger partial charge >= 0.3 is 11.7 Å². The second kappa shape index (κ2) is 3.18. The van der Waals surface area contributed by atoms with E-state index in [0.717, 1.165) is 6.20 Å². The predicted molar refractivity (Wildman–Crippen MR) is 42.6 cm³/mol. The quantitative estimate of drug-likeness (QED) is 0.543. The van der Waals surface area contributed by atoms with E-state index in [4.69, 9.17) is 5.11 Å². The summed E-state index contributed by atoms with van der Waals surface area (Å²) in [4.78, 5) is 23.8. The summed E-state index contributed by atoms with van der Waals surface area (Å²) < 4.78 is 0. The molecule has 0 radical (unpaired) electrons. The van der Waals surface area contributed by atoms with Gasteiger partial charge in [0, 0.05) is 5.69 Å². The van der Waals surface area contributed by atoms with Gasteiger partial charge in [0.25, 0.3) is 0 Å². The van der Waals surface area contributed by atoms with Gasteiger partial charge in [0.05, 0.1) is 4.92 Å². The third-order valence-electron chi connectivity index (χ3n) is 1.45. The first-order valence-electron chi connectivity index (χ1n) is 3.36. The molecule has 1 aromatic heterocycles. The second-order valence-electron chi connectivity index (χ2n) is 2.41. The Bertz CT molecular complexity index is 375. The minimum absolute atomic E-state index is 0.336. The maximum atomic E-state index is 10.5. The number of aromatic nitrogens is 1. The van der Waals surface area contributed by atoms with E-state index in [1.54, 1.807) is 6.92 Å². The minimum atomic E-state index is -1.32. The number of pyridine rings is 1. The lowest BCUT2D eigenvalue weighted by atomic mass is 10.2. The van der Waals surface area contributed by atoms with Crippen LogP contribution in [0.15, 0.2) is 12.3 Å². The first-order chi connectivity index (χ1) is 6.02. The highest BCUT2D eigenvalue weighted by Gasteiger charge is 2.19. The lowest BCUT2D eigenvalue weighted by Crippen LogP contribution is -2.03. The first kappa shape index (κ1) is 9.11. The fraction of sp³-hybridized carbons (Fsp3) is 0.143. The Morgan fingerprint density at radius 1 is 1.69 bits per heavy atom. The van der Waals surface area contributed by atoms with E-state index >= 15 is 0 Å². The van der Waals surface area contributed by atoms with Crippen molar-refractivity contribution in [3.05, 3.63) is 33.6 Å².